The Labute approximate surface area is 129 Å². The van der Waals surface area contributed by atoms with Gasteiger partial charge in [-0.25, -0.2) is 0 Å². The molecule has 0 heterocycles. The molecule has 0 aliphatic carbocycles. The molecule has 0 aliphatic heterocycles. The number of hydrogen-bond acceptors (Lipinski definition) is 2. The summed E-state index contributed by atoms with van der Waals surface area (Å²) in [7, 11) is 0. The van der Waals surface area contributed by atoms with E-state index < -0.39 is 0 Å². The van der Waals surface area contributed by atoms with Gasteiger partial charge in [-0.2, -0.15) is 0 Å². The van der Waals surface area contributed by atoms with Crippen LogP contribution >= 0.6 is 23.2 Å². The molecule has 6 heteroatoms. The first-order valence-electron chi connectivity index (χ1n) is 6.37. The van der Waals surface area contributed by atoms with Crippen LogP contribution in [0.1, 0.15) is 27.2 Å². The van der Waals surface area contributed by atoms with Crippen molar-refractivity contribution in [3.63, 3.8) is 0 Å². The molecule has 0 fully saturated rings. The fraction of sp³-hybridized carbons (Fsp3) is 0.429. The maximum atomic E-state index is 12.0. The van der Waals surface area contributed by atoms with Gasteiger partial charge in [0.2, 0.25) is 11.8 Å². The number of para-hydroxylation sites is 1. The average molecular weight is 317 g/mol. The molecule has 4 nitrogen and oxygen atoms in total. The number of hydrogen-bond donors (Lipinski definition) is 1. The molecular formula is C14H18Cl2N2O2. The normalized spacial score (nSPS) is 11.8. The molecule has 0 spiro atoms. The summed E-state index contributed by atoms with van der Waals surface area (Å²) in [6.07, 6.45) is 0.777. The van der Waals surface area contributed by atoms with Crippen LogP contribution in [0.3, 0.4) is 0 Å². The van der Waals surface area contributed by atoms with Gasteiger partial charge in [0.15, 0.2) is 0 Å². The first-order chi connectivity index (χ1) is 9.36. The van der Waals surface area contributed by atoms with E-state index in [-0.39, 0.29) is 24.4 Å². The summed E-state index contributed by atoms with van der Waals surface area (Å²) in [5.74, 6) is -0.463. The second-order valence-corrected chi connectivity index (χ2v) is 5.36. The predicted octanol–water partition coefficient (Wildman–Crippen LogP) is 3.58. The van der Waals surface area contributed by atoms with Crippen LogP contribution in [0.15, 0.2) is 18.2 Å². The van der Waals surface area contributed by atoms with Crippen LogP contribution < -0.4 is 5.32 Å². The summed E-state index contributed by atoms with van der Waals surface area (Å²) in [6.45, 7) is 5.29. The van der Waals surface area contributed by atoms with E-state index in [4.69, 9.17) is 23.2 Å². The quantitative estimate of drug-likeness (QED) is 0.902. The highest BCUT2D eigenvalue weighted by atomic mass is 35.5. The molecule has 0 aromatic heterocycles. The molecule has 1 N–H and O–H groups in total. The van der Waals surface area contributed by atoms with Gasteiger partial charge in [0, 0.05) is 13.0 Å². The lowest BCUT2D eigenvalue weighted by Gasteiger charge is -2.26. The van der Waals surface area contributed by atoms with Gasteiger partial charge in [-0.15, -0.1) is 0 Å². The number of carbonyl (C=O) groups is 2. The summed E-state index contributed by atoms with van der Waals surface area (Å²) in [4.78, 5) is 25.1. The molecule has 0 bridgehead atoms. The number of amides is 2. The van der Waals surface area contributed by atoms with E-state index >= 15 is 0 Å². The lowest BCUT2D eigenvalue weighted by atomic mass is 10.2. The Morgan fingerprint density at radius 3 is 2.30 bits per heavy atom. The maximum Gasteiger partial charge on any atom is 0.244 e. The van der Waals surface area contributed by atoms with E-state index in [1.54, 1.807) is 18.2 Å². The Morgan fingerprint density at radius 1 is 1.30 bits per heavy atom. The Balaban J connectivity index is 2.79. The Hall–Kier alpha value is -1.26. The van der Waals surface area contributed by atoms with Crippen molar-refractivity contribution in [2.75, 3.05) is 11.9 Å². The van der Waals surface area contributed by atoms with Gasteiger partial charge in [-0.3, -0.25) is 9.59 Å². The highest BCUT2D eigenvalue weighted by Crippen LogP contribution is 2.29. The van der Waals surface area contributed by atoms with E-state index in [1.807, 2.05) is 13.8 Å². The van der Waals surface area contributed by atoms with Crippen LogP contribution in [0, 0.1) is 0 Å². The van der Waals surface area contributed by atoms with E-state index in [0.29, 0.717) is 15.7 Å². The number of benzene rings is 1. The fourth-order valence-electron chi connectivity index (χ4n) is 1.75. The smallest absolute Gasteiger partial charge is 0.244 e. The fourth-order valence-corrected chi connectivity index (χ4v) is 2.24. The molecule has 1 unspecified atom stereocenters. The van der Waals surface area contributed by atoms with E-state index in [9.17, 15) is 9.59 Å². The van der Waals surface area contributed by atoms with Crippen molar-refractivity contribution in [2.45, 2.75) is 33.2 Å². The molecule has 1 aromatic carbocycles. The molecule has 2 amide bonds. The van der Waals surface area contributed by atoms with Crippen LogP contribution in [-0.4, -0.2) is 29.3 Å². The topological polar surface area (TPSA) is 49.4 Å². The minimum atomic E-state index is -0.324. The Morgan fingerprint density at radius 2 is 1.85 bits per heavy atom. The summed E-state index contributed by atoms with van der Waals surface area (Å²) in [5.41, 5.74) is 0.369. The molecule has 110 valence electrons. The number of carbonyl (C=O) groups excluding carboxylic acids is 2. The van der Waals surface area contributed by atoms with Gasteiger partial charge in [-0.1, -0.05) is 36.2 Å². The summed E-state index contributed by atoms with van der Waals surface area (Å²) in [6, 6.07) is 4.97. The minimum Gasteiger partial charge on any atom is -0.331 e. The highest BCUT2D eigenvalue weighted by molar-refractivity contribution is 6.39. The zero-order valence-electron chi connectivity index (χ0n) is 11.7. The van der Waals surface area contributed by atoms with Crippen LogP contribution in [0.4, 0.5) is 5.69 Å². The van der Waals surface area contributed by atoms with Gasteiger partial charge in [-0.05, 0) is 25.5 Å². The zero-order valence-corrected chi connectivity index (χ0v) is 13.3. The standard InChI is InChI=1S/C14H18Cl2N2O2/c1-4-9(2)18(10(3)19)8-13(20)17-14-11(15)6-5-7-12(14)16/h5-7,9H,4,8H2,1-3H3,(H,17,20). The second-order valence-electron chi connectivity index (χ2n) is 4.55. The Kier molecular flexibility index (Phi) is 6.30. The number of halogens is 2. The predicted molar refractivity (Wildman–Crippen MR) is 82.2 cm³/mol. The van der Waals surface area contributed by atoms with Crippen LogP contribution in [0.5, 0.6) is 0 Å². The first kappa shape index (κ1) is 16.8. The maximum absolute atomic E-state index is 12.0. The monoisotopic (exact) mass is 316 g/mol. The molecule has 0 saturated carbocycles. The van der Waals surface area contributed by atoms with Crippen molar-refractivity contribution in [1.29, 1.82) is 0 Å². The summed E-state index contributed by atoms with van der Waals surface area (Å²) < 4.78 is 0. The van der Waals surface area contributed by atoms with Gasteiger partial charge >= 0.3 is 0 Å². The van der Waals surface area contributed by atoms with E-state index in [2.05, 4.69) is 5.32 Å². The largest absolute Gasteiger partial charge is 0.331 e. The molecule has 1 rings (SSSR count). The number of anilines is 1. The third-order valence-electron chi connectivity index (χ3n) is 3.07. The number of rotatable bonds is 5. The molecule has 0 aliphatic rings. The molecule has 20 heavy (non-hydrogen) atoms. The van der Waals surface area contributed by atoms with Crippen molar-refractivity contribution >= 4 is 40.7 Å². The van der Waals surface area contributed by atoms with Crippen molar-refractivity contribution < 1.29 is 9.59 Å². The number of nitrogens with one attached hydrogen (secondary N) is 1. The second kappa shape index (κ2) is 7.50. The van der Waals surface area contributed by atoms with Crippen molar-refractivity contribution in [3.05, 3.63) is 28.2 Å². The third kappa shape index (κ3) is 4.39. The summed E-state index contributed by atoms with van der Waals surface area (Å²) >= 11 is 12.0. The highest BCUT2D eigenvalue weighted by Gasteiger charge is 2.19. The van der Waals surface area contributed by atoms with E-state index in [0.717, 1.165) is 6.42 Å². The molecular weight excluding hydrogens is 299 g/mol. The minimum absolute atomic E-state index is 0.0000303. The van der Waals surface area contributed by atoms with Gasteiger partial charge in [0.25, 0.3) is 0 Å². The molecule has 0 saturated heterocycles. The average Bonchev–Trinajstić information content (AvgIpc) is 2.39. The molecule has 0 radical (unpaired) electrons. The number of nitrogens with zero attached hydrogens (tertiary/aromatic N) is 1. The summed E-state index contributed by atoms with van der Waals surface area (Å²) in [5, 5.41) is 3.38. The first-order valence-corrected chi connectivity index (χ1v) is 7.13. The van der Waals surface area contributed by atoms with Gasteiger partial charge in [0.05, 0.1) is 15.7 Å². The molecule has 1 aromatic rings. The van der Waals surface area contributed by atoms with Crippen LogP contribution in [-0.2, 0) is 9.59 Å². The van der Waals surface area contributed by atoms with Gasteiger partial charge < -0.3 is 10.2 Å². The van der Waals surface area contributed by atoms with Crippen LogP contribution in [0.2, 0.25) is 10.0 Å². The SMILES string of the molecule is CCC(C)N(CC(=O)Nc1c(Cl)cccc1Cl)C(C)=O. The van der Waals surface area contributed by atoms with Crippen molar-refractivity contribution in [2.24, 2.45) is 0 Å². The third-order valence-corrected chi connectivity index (χ3v) is 3.70. The van der Waals surface area contributed by atoms with Crippen molar-refractivity contribution in [1.82, 2.24) is 4.90 Å². The van der Waals surface area contributed by atoms with Crippen LogP contribution in [0.25, 0.3) is 0 Å². The van der Waals surface area contributed by atoms with E-state index in [1.165, 1.54) is 11.8 Å². The zero-order chi connectivity index (χ0) is 15.3. The van der Waals surface area contributed by atoms with Gasteiger partial charge in [0.1, 0.15) is 6.54 Å². The lowest BCUT2D eigenvalue weighted by Crippen LogP contribution is -2.42. The lowest BCUT2D eigenvalue weighted by molar-refractivity contribution is -0.134. The Bertz CT molecular complexity index is 486. The van der Waals surface area contributed by atoms with Crippen molar-refractivity contribution in [3.8, 4) is 0 Å². The molecule has 1 atom stereocenters.